The summed E-state index contributed by atoms with van der Waals surface area (Å²) < 4.78 is 7.68. The van der Waals surface area contributed by atoms with Crippen molar-refractivity contribution in [1.29, 1.82) is 0 Å². The third kappa shape index (κ3) is 4.04. The molecule has 6 nitrogen and oxygen atoms in total. The van der Waals surface area contributed by atoms with E-state index in [1.54, 1.807) is 6.26 Å². The van der Waals surface area contributed by atoms with Crippen molar-refractivity contribution in [3.8, 4) is 5.69 Å². The van der Waals surface area contributed by atoms with Gasteiger partial charge in [-0.3, -0.25) is 9.69 Å². The van der Waals surface area contributed by atoms with Crippen molar-refractivity contribution in [2.45, 2.75) is 51.5 Å². The van der Waals surface area contributed by atoms with Crippen LogP contribution in [0.1, 0.15) is 64.8 Å². The molecular weight excluding hydrogens is 388 g/mol. The first-order valence-corrected chi connectivity index (χ1v) is 11.4. The largest absolute Gasteiger partial charge is 0.468 e. The number of fused-ring (bicyclic) bond motifs is 1. The van der Waals surface area contributed by atoms with Gasteiger partial charge in [-0.1, -0.05) is 24.1 Å². The molecular formula is C25H30N4O2. The molecule has 162 valence electrons. The summed E-state index contributed by atoms with van der Waals surface area (Å²) in [6.45, 7) is 4.68. The fourth-order valence-electron chi connectivity index (χ4n) is 4.91. The van der Waals surface area contributed by atoms with E-state index in [9.17, 15) is 4.79 Å². The van der Waals surface area contributed by atoms with Gasteiger partial charge in [0, 0.05) is 17.8 Å². The summed E-state index contributed by atoms with van der Waals surface area (Å²) in [5.41, 5.74) is 5.08. The lowest BCUT2D eigenvalue weighted by Crippen LogP contribution is -2.40. The Morgan fingerprint density at radius 1 is 1.10 bits per heavy atom. The molecule has 1 amide bonds. The van der Waals surface area contributed by atoms with E-state index in [-0.39, 0.29) is 11.9 Å². The Labute approximate surface area is 183 Å². The Morgan fingerprint density at radius 3 is 2.65 bits per heavy atom. The molecule has 1 fully saturated rings. The number of amides is 1. The van der Waals surface area contributed by atoms with Crippen LogP contribution >= 0.6 is 0 Å². The Hall–Kier alpha value is -2.86. The van der Waals surface area contributed by atoms with E-state index in [1.807, 2.05) is 16.8 Å². The molecule has 6 heteroatoms. The zero-order valence-corrected chi connectivity index (χ0v) is 18.1. The third-order valence-electron chi connectivity index (χ3n) is 6.58. The van der Waals surface area contributed by atoms with Crippen molar-refractivity contribution < 1.29 is 9.21 Å². The summed E-state index contributed by atoms with van der Waals surface area (Å²) in [5, 5.41) is 7.92. The Bertz CT molecular complexity index is 1030. The molecule has 0 radical (unpaired) electrons. The van der Waals surface area contributed by atoms with Crippen LogP contribution in [-0.2, 0) is 12.8 Å². The Kier molecular flexibility index (Phi) is 5.64. The minimum atomic E-state index is -0.0856. The van der Waals surface area contributed by atoms with E-state index in [2.05, 4.69) is 41.4 Å². The smallest absolute Gasteiger partial charge is 0.272 e. The molecule has 5 rings (SSSR count). The Morgan fingerprint density at radius 2 is 1.90 bits per heavy atom. The second-order valence-electron chi connectivity index (χ2n) is 8.71. The summed E-state index contributed by atoms with van der Waals surface area (Å²) in [5.74, 6) is 0.829. The van der Waals surface area contributed by atoms with E-state index in [0.29, 0.717) is 12.2 Å². The quantitative estimate of drug-likeness (QED) is 0.651. The van der Waals surface area contributed by atoms with Crippen LogP contribution in [-0.4, -0.2) is 40.2 Å². The molecule has 2 aliphatic rings. The van der Waals surface area contributed by atoms with Crippen LogP contribution in [0.5, 0.6) is 0 Å². The Balaban J connectivity index is 1.36. The first-order valence-electron chi connectivity index (χ1n) is 11.4. The van der Waals surface area contributed by atoms with Crippen molar-refractivity contribution in [3.05, 3.63) is 70.9 Å². The second kappa shape index (κ2) is 8.71. The fourth-order valence-corrected chi connectivity index (χ4v) is 4.91. The molecule has 3 heterocycles. The fraction of sp³-hybridized carbons (Fsp3) is 0.440. The number of aryl methyl sites for hydroxylation is 1. The summed E-state index contributed by atoms with van der Waals surface area (Å²) >= 11 is 0. The number of aromatic nitrogens is 2. The van der Waals surface area contributed by atoms with Crippen LogP contribution in [0.15, 0.2) is 47.1 Å². The maximum atomic E-state index is 13.2. The lowest BCUT2D eigenvalue weighted by Gasteiger charge is -2.33. The topological polar surface area (TPSA) is 63.3 Å². The summed E-state index contributed by atoms with van der Waals surface area (Å²) in [6.07, 6.45) is 8.33. The number of carbonyl (C=O) groups excluding carboxylic acids is 1. The van der Waals surface area contributed by atoms with Gasteiger partial charge < -0.3 is 9.73 Å². The number of rotatable bonds is 6. The predicted molar refractivity (Wildman–Crippen MR) is 120 cm³/mol. The van der Waals surface area contributed by atoms with Crippen molar-refractivity contribution >= 4 is 5.91 Å². The van der Waals surface area contributed by atoms with E-state index in [4.69, 9.17) is 9.52 Å². The van der Waals surface area contributed by atoms with Crippen molar-refractivity contribution in [2.75, 3.05) is 19.6 Å². The van der Waals surface area contributed by atoms with Gasteiger partial charge >= 0.3 is 0 Å². The molecule has 1 atom stereocenters. The molecule has 1 N–H and O–H groups in total. The average Bonchev–Trinajstić information content (AvgIpc) is 3.54. The molecule has 0 bridgehead atoms. The maximum absolute atomic E-state index is 13.2. The lowest BCUT2D eigenvalue weighted by atomic mass is 10.1. The van der Waals surface area contributed by atoms with Gasteiger partial charge in [-0.05, 0) is 76.4 Å². The number of hydrogen-bond donors (Lipinski definition) is 1. The highest BCUT2D eigenvalue weighted by Crippen LogP contribution is 2.29. The highest BCUT2D eigenvalue weighted by Gasteiger charge is 2.29. The zero-order chi connectivity index (χ0) is 21.2. The predicted octanol–water partition coefficient (Wildman–Crippen LogP) is 4.22. The van der Waals surface area contributed by atoms with E-state index >= 15 is 0 Å². The number of carbonyl (C=O) groups is 1. The van der Waals surface area contributed by atoms with Crippen LogP contribution < -0.4 is 5.32 Å². The minimum absolute atomic E-state index is 0.0616. The summed E-state index contributed by atoms with van der Waals surface area (Å²) in [7, 11) is 0. The molecule has 1 saturated heterocycles. The van der Waals surface area contributed by atoms with Crippen LogP contribution in [0.3, 0.4) is 0 Å². The zero-order valence-electron chi connectivity index (χ0n) is 18.1. The minimum Gasteiger partial charge on any atom is -0.468 e. The lowest BCUT2D eigenvalue weighted by molar-refractivity contribution is 0.0908. The van der Waals surface area contributed by atoms with Gasteiger partial charge in [0.1, 0.15) is 5.76 Å². The molecule has 1 unspecified atom stereocenters. The summed E-state index contributed by atoms with van der Waals surface area (Å²) in [4.78, 5) is 15.7. The molecule has 2 aromatic heterocycles. The molecule has 0 spiro atoms. The van der Waals surface area contributed by atoms with Crippen LogP contribution in [0.2, 0.25) is 0 Å². The monoisotopic (exact) mass is 418 g/mol. The van der Waals surface area contributed by atoms with Gasteiger partial charge in [-0.15, -0.1) is 0 Å². The van der Waals surface area contributed by atoms with Gasteiger partial charge in [0.25, 0.3) is 5.91 Å². The molecule has 0 saturated carbocycles. The van der Waals surface area contributed by atoms with Gasteiger partial charge in [0.05, 0.1) is 18.0 Å². The van der Waals surface area contributed by atoms with Crippen LogP contribution in [0, 0.1) is 6.92 Å². The SMILES string of the molecule is Cc1ccc(-n2nc(C(=O)NCC(c3ccco3)N3CCCCC3)c3c2CCC3)cc1. The standard InChI is InChI=1S/C25H30N4O2/c1-18-10-12-19(13-11-18)29-21-8-5-7-20(21)24(27-29)25(30)26-17-22(23-9-6-16-31-23)28-14-3-2-4-15-28/h6,9-13,16,22H,2-5,7-8,14-15,17H2,1H3,(H,26,30). The van der Waals surface area contributed by atoms with Crippen molar-refractivity contribution in [1.82, 2.24) is 20.0 Å². The van der Waals surface area contributed by atoms with E-state index < -0.39 is 0 Å². The van der Waals surface area contributed by atoms with Gasteiger partial charge in [0.2, 0.25) is 0 Å². The van der Waals surface area contributed by atoms with E-state index in [1.165, 1.54) is 30.5 Å². The van der Waals surface area contributed by atoms with Gasteiger partial charge in [-0.25, -0.2) is 4.68 Å². The molecule has 1 aliphatic carbocycles. The van der Waals surface area contributed by atoms with E-state index in [0.717, 1.165) is 49.4 Å². The number of nitrogens with zero attached hydrogens (tertiary/aromatic N) is 3. The number of piperidine rings is 1. The average molecular weight is 419 g/mol. The number of hydrogen-bond acceptors (Lipinski definition) is 4. The van der Waals surface area contributed by atoms with Gasteiger partial charge in [-0.2, -0.15) is 5.10 Å². The van der Waals surface area contributed by atoms with Crippen LogP contribution in [0.25, 0.3) is 5.69 Å². The molecule has 1 aliphatic heterocycles. The normalized spacial score (nSPS) is 17.5. The molecule has 1 aromatic carbocycles. The number of nitrogens with one attached hydrogen (secondary N) is 1. The maximum Gasteiger partial charge on any atom is 0.272 e. The molecule has 3 aromatic rings. The highest BCUT2D eigenvalue weighted by molar-refractivity contribution is 5.94. The summed E-state index contributed by atoms with van der Waals surface area (Å²) in [6, 6.07) is 12.3. The van der Waals surface area contributed by atoms with Crippen LogP contribution in [0.4, 0.5) is 0 Å². The van der Waals surface area contributed by atoms with Crippen molar-refractivity contribution in [2.24, 2.45) is 0 Å². The molecule has 31 heavy (non-hydrogen) atoms. The van der Waals surface area contributed by atoms with Crippen molar-refractivity contribution in [3.63, 3.8) is 0 Å². The van der Waals surface area contributed by atoms with Gasteiger partial charge in [0.15, 0.2) is 5.69 Å². The second-order valence-corrected chi connectivity index (χ2v) is 8.71. The number of benzene rings is 1. The number of furan rings is 1. The first kappa shape index (κ1) is 20.1. The highest BCUT2D eigenvalue weighted by atomic mass is 16.3. The third-order valence-corrected chi connectivity index (χ3v) is 6.58. The number of likely N-dealkylation sites (tertiary alicyclic amines) is 1. The first-order chi connectivity index (χ1) is 15.2.